The van der Waals surface area contributed by atoms with Crippen LogP contribution >= 0.6 is 0 Å². The quantitative estimate of drug-likeness (QED) is 0.586. The number of nitrogens with zero attached hydrogens (tertiary/aromatic N) is 3. The van der Waals surface area contributed by atoms with Crippen LogP contribution in [-0.4, -0.2) is 19.6 Å². The second-order valence-corrected chi connectivity index (χ2v) is 3.37. The van der Waals surface area contributed by atoms with E-state index in [1.54, 1.807) is 0 Å². The Morgan fingerprint density at radius 1 is 1.33 bits per heavy atom. The van der Waals surface area contributed by atoms with Crippen molar-refractivity contribution in [2.75, 3.05) is 0 Å². The molecule has 0 atom stereocenters. The molecule has 0 saturated heterocycles. The highest BCUT2D eigenvalue weighted by atomic mass is 16.1. The summed E-state index contributed by atoms with van der Waals surface area (Å²) >= 11 is 0. The van der Waals surface area contributed by atoms with Crippen LogP contribution in [0, 0.1) is 6.92 Å². The Bertz CT molecular complexity index is 710. The van der Waals surface area contributed by atoms with Crippen LogP contribution in [0.1, 0.15) is 5.69 Å². The molecule has 3 rings (SSSR count). The number of aromatic amines is 1. The van der Waals surface area contributed by atoms with Crippen molar-refractivity contribution in [1.82, 2.24) is 19.6 Å². The van der Waals surface area contributed by atoms with Gasteiger partial charge in [0.15, 0.2) is 5.65 Å². The number of para-hydroxylation sites is 2. The van der Waals surface area contributed by atoms with E-state index in [0.717, 1.165) is 16.7 Å². The van der Waals surface area contributed by atoms with Crippen molar-refractivity contribution < 1.29 is 0 Å². The summed E-state index contributed by atoms with van der Waals surface area (Å²) in [5.41, 5.74) is 2.67. The first kappa shape index (κ1) is 8.16. The molecule has 3 aromatic rings. The fourth-order valence-corrected chi connectivity index (χ4v) is 1.74. The minimum atomic E-state index is -0.230. The predicted octanol–water partition coefficient (Wildman–Crippen LogP) is 0.879. The maximum Gasteiger partial charge on any atom is 0.348 e. The van der Waals surface area contributed by atoms with Crippen molar-refractivity contribution in [3.63, 3.8) is 0 Å². The average Bonchev–Trinajstić information content (AvgIpc) is 2.62. The monoisotopic (exact) mass is 200 g/mol. The van der Waals surface area contributed by atoms with Crippen molar-refractivity contribution in [2.45, 2.75) is 6.92 Å². The number of rotatable bonds is 0. The molecule has 1 N–H and O–H groups in total. The zero-order valence-corrected chi connectivity index (χ0v) is 8.06. The molecule has 5 heteroatoms. The molecule has 0 unspecified atom stereocenters. The topological polar surface area (TPSA) is 63.1 Å². The summed E-state index contributed by atoms with van der Waals surface area (Å²) < 4.78 is 1.54. The van der Waals surface area contributed by atoms with Gasteiger partial charge < -0.3 is 0 Å². The smallest absolute Gasteiger partial charge is 0.248 e. The van der Waals surface area contributed by atoms with Crippen LogP contribution in [0.15, 0.2) is 29.1 Å². The molecule has 1 aromatic carbocycles. The summed E-state index contributed by atoms with van der Waals surface area (Å²) in [6.45, 7) is 1.84. The van der Waals surface area contributed by atoms with Gasteiger partial charge in [-0.25, -0.2) is 19.3 Å². The Hall–Kier alpha value is -2.17. The van der Waals surface area contributed by atoms with Crippen LogP contribution < -0.4 is 5.69 Å². The van der Waals surface area contributed by atoms with Crippen LogP contribution in [0.3, 0.4) is 0 Å². The molecule has 0 aliphatic heterocycles. The third kappa shape index (κ3) is 0.999. The Labute approximate surface area is 84.4 Å². The number of fused-ring (bicyclic) bond motifs is 3. The first-order valence-electron chi connectivity index (χ1n) is 4.60. The van der Waals surface area contributed by atoms with Gasteiger partial charge in [-0.05, 0) is 19.1 Å². The molecule has 0 aliphatic carbocycles. The van der Waals surface area contributed by atoms with Gasteiger partial charge in [-0.1, -0.05) is 12.1 Å². The highest BCUT2D eigenvalue weighted by Gasteiger charge is 2.08. The Morgan fingerprint density at radius 2 is 2.13 bits per heavy atom. The van der Waals surface area contributed by atoms with Gasteiger partial charge in [-0.3, -0.25) is 0 Å². The number of hydrogen-bond donors (Lipinski definition) is 1. The molecule has 0 aliphatic rings. The molecule has 15 heavy (non-hydrogen) atoms. The lowest BCUT2D eigenvalue weighted by Crippen LogP contribution is -2.11. The number of nitrogens with one attached hydrogen (secondary N) is 1. The lowest BCUT2D eigenvalue weighted by atomic mass is 10.3. The zero-order valence-electron chi connectivity index (χ0n) is 8.06. The second kappa shape index (κ2) is 2.66. The van der Waals surface area contributed by atoms with Gasteiger partial charge in [-0.2, -0.15) is 5.10 Å². The minimum Gasteiger partial charge on any atom is -0.248 e. The number of aromatic nitrogens is 4. The van der Waals surface area contributed by atoms with E-state index in [-0.39, 0.29) is 5.69 Å². The first-order valence-corrected chi connectivity index (χ1v) is 4.60. The van der Waals surface area contributed by atoms with Gasteiger partial charge in [0.05, 0.1) is 16.7 Å². The number of aryl methyl sites for hydroxylation is 1. The Kier molecular flexibility index (Phi) is 1.45. The molecule has 5 nitrogen and oxygen atoms in total. The summed E-state index contributed by atoms with van der Waals surface area (Å²) in [6.07, 6.45) is 0. The molecule has 0 bridgehead atoms. The molecule has 0 fully saturated rings. The van der Waals surface area contributed by atoms with Crippen molar-refractivity contribution in [3.05, 3.63) is 40.4 Å². The Balaban J connectivity index is 2.74. The molecule has 2 heterocycles. The summed E-state index contributed by atoms with van der Waals surface area (Å²) in [4.78, 5) is 15.9. The van der Waals surface area contributed by atoms with E-state index in [1.807, 2.05) is 31.2 Å². The van der Waals surface area contributed by atoms with Crippen LogP contribution in [0.2, 0.25) is 0 Å². The van der Waals surface area contributed by atoms with Gasteiger partial charge in [0.1, 0.15) is 0 Å². The van der Waals surface area contributed by atoms with Crippen LogP contribution in [0.5, 0.6) is 0 Å². The molecule has 0 saturated carbocycles. The van der Waals surface area contributed by atoms with Crippen molar-refractivity contribution in [1.29, 1.82) is 0 Å². The maximum atomic E-state index is 11.6. The molecular formula is C10H8N4O. The molecule has 2 aromatic heterocycles. The summed E-state index contributed by atoms with van der Waals surface area (Å²) in [7, 11) is 0. The van der Waals surface area contributed by atoms with Crippen molar-refractivity contribution in [2.24, 2.45) is 0 Å². The van der Waals surface area contributed by atoms with Crippen LogP contribution in [0.25, 0.3) is 16.7 Å². The van der Waals surface area contributed by atoms with Crippen LogP contribution in [-0.2, 0) is 0 Å². The highest BCUT2D eigenvalue weighted by Crippen LogP contribution is 2.13. The van der Waals surface area contributed by atoms with Crippen molar-refractivity contribution in [3.8, 4) is 0 Å². The van der Waals surface area contributed by atoms with Crippen molar-refractivity contribution >= 4 is 16.7 Å². The van der Waals surface area contributed by atoms with Crippen LogP contribution in [0.4, 0.5) is 0 Å². The zero-order chi connectivity index (χ0) is 10.4. The van der Waals surface area contributed by atoms with Gasteiger partial charge in [0.2, 0.25) is 0 Å². The second-order valence-electron chi connectivity index (χ2n) is 3.37. The summed E-state index contributed by atoms with van der Waals surface area (Å²) in [6, 6.07) is 7.50. The molecule has 0 radical (unpaired) electrons. The predicted molar refractivity (Wildman–Crippen MR) is 55.9 cm³/mol. The average molecular weight is 200 g/mol. The maximum absolute atomic E-state index is 11.6. The van der Waals surface area contributed by atoms with E-state index in [2.05, 4.69) is 15.2 Å². The fraction of sp³-hybridized carbons (Fsp3) is 0.100. The summed E-state index contributed by atoms with van der Waals surface area (Å²) in [5.74, 6) is 0. The SMILES string of the molecule is Cc1nc2ccccc2n2c(=O)[nH]nc12. The largest absolute Gasteiger partial charge is 0.348 e. The van der Waals surface area contributed by atoms with E-state index in [0.29, 0.717) is 5.65 Å². The lowest BCUT2D eigenvalue weighted by molar-refractivity contribution is 1.04. The number of hydrogen-bond acceptors (Lipinski definition) is 3. The third-order valence-electron chi connectivity index (χ3n) is 2.41. The first-order chi connectivity index (χ1) is 7.27. The lowest BCUT2D eigenvalue weighted by Gasteiger charge is -2.01. The Morgan fingerprint density at radius 3 is 3.00 bits per heavy atom. The molecule has 0 spiro atoms. The number of H-pyrrole nitrogens is 1. The molecule has 74 valence electrons. The normalized spacial score (nSPS) is 11.3. The van der Waals surface area contributed by atoms with Gasteiger partial charge in [-0.15, -0.1) is 0 Å². The van der Waals surface area contributed by atoms with E-state index in [9.17, 15) is 4.79 Å². The molecular weight excluding hydrogens is 192 g/mol. The van der Waals surface area contributed by atoms with E-state index in [4.69, 9.17) is 0 Å². The van der Waals surface area contributed by atoms with Gasteiger partial charge in [0.25, 0.3) is 0 Å². The van der Waals surface area contributed by atoms with E-state index in [1.165, 1.54) is 4.40 Å². The third-order valence-corrected chi connectivity index (χ3v) is 2.41. The van der Waals surface area contributed by atoms with Gasteiger partial charge >= 0.3 is 5.69 Å². The fourth-order valence-electron chi connectivity index (χ4n) is 1.74. The summed E-state index contributed by atoms with van der Waals surface area (Å²) in [5, 5.41) is 6.36. The van der Waals surface area contributed by atoms with E-state index >= 15 is 0 Å². The molecule has 0 amide bonds. The highest BCUT2D eigenvalue weighted by molar-refractivity contribution is 5.77. The minimum absolute atomic E-state index is 0.230. The van der Waals surface area contributed by atoms with Gasteiger partial charge in [0, 0.05) is 0 Å². The van der Waals surface area contributed by atoms with E-state index < -0.39 is 0 Å². The number of benzene rings is 1. The standard InChI is InChI=1S/C10H8N4O/c1-6-9-12-13-10(15)14(9)8-5-3-2-4-7(8)11-6/h2-5H,1H3,(H,13,15).